The zero-order valence-electron chi connectivity index (χ0n) is 16.7. The zero-order chi connectivity index (χ0) is 17.0. The van der Waals surface area contributed by atoms with E-state index in [2.05, 4.69) is 26.9 Å². The van der Waals surface area contributed by atoms with Crippen LogP contribution < -0.4 is 0 Å². The Bertz CT molecular complexity index is 271. The molecular weight excluding hydrogens is 296 g/mol. The van der Waals surface area contributed by atoms with Gasteiger partial charge in [0.25, 0.3) is 0 Å². The van der Waals surface area contributed by atoms with Crippen molar-refractivity contribution < 1.29 is 4.43 Å². The Morgan fingerprint density at radius 1 is 0.826 bits per heavy atom. The molecule has 23 heavy (non-hydrogen) atoms. The van der Waals surface area contributed by atoms with E-state index in [1.54, 1.807) is 0 Å². The molecule has 0 radical (unpaired) electrons. The lowest BCUT2D eigenvalue weighted by Gasteiger charge is -2.37. The summed E-state index contributed by atoms with van der Waals surface area (Å²) in [7, 11) is -1.48. The maximum absolute atomic E-state index is 6.73. The highest BCUT2D eigenvalue weighted by Crippen LogP contribution is 2.38. The van der Waals surface area contributed by atoms with Gasteiger partial charge in [-0.05, 0) is 31.5 Å². The maximum atomic E-state index is 6.73. The number of hydrogen-bond acceptors (Lipinski definition) is 1. The van der Waals surface area contributed by atoms with Crippen LogP contribution in [0.25, 0.3) is 0 Å². The quantitative estimate of drug-likeness (QED) is 0.245. The van der Waals surface area contributed by atoms with Gasteiger partial charge in [0.1, 0.15) is 0 Å². The van der Waals surface area contributed by atoms with Crippen LogP contribution in [0, 0.1) is 0 Å². The molecule has 1 aliphatic rings. The Morgan fingerprint density at radius 2 is 1.39 bits per heavy atom. The first kappa shape index (κ1) is 21.2. The lowest BCUT2D eigenvalue weighted by molar-refractivity contribution is 0.164. The minimum Gasteiger partial charge on any atom is -0.414 e. The Balaban J connectivity index is 2.15. The van der Waals surface area contributed by atoms with Gasteiger partial charge < -0.3 is 4.43 Å². The number of rotatable bonds is 13. The summed E-state index contributed by atoms with van der Waals surface area (Å²) in [6.45, 7) is 9.59. The highest BCUT2D eigenvalue weighted by Gasteiger charge is 2.36. The average molecular weight is 341 g/mol. The van der Waals surface area contributed by atoms with Crippen molar-refractivity contribution in [2.45, 2.75) is 135 Å². The van der Waals surface area contributed by atoms with Crippen LogP contribution in [-0.2, 0) is 4.43 Å². The van der Waals surface area contributed by atoms with E-state index in [9.17, 15) is 0 Å². The molecule has 2 heteroatoms. The zero-order valence-corrected chi connectivity index (χ0v) is 17.7. The van der Waals surface area contributed by atoms with Crippen molar-refractivity contribution in [2.24, 2.45) is 0 Å². The van der Waals surface area contributed by atoms with E-state index in [1.165, 1.54) is 96.3 Å². The van der Waals surface area contributed by atoms with Crippen molar-refractivity contribution in [1.29, 1.82) is 0 Å². The average Bonchev–Trinajstić information content (AvgIpc) is 2.57. The Morgan fingerprint density at radius 3 is 1.96 bits per heavy atom. The molecule has 1 unspecified atom stereocenters. The number of unbranched alkanes of at least 4 members (excludes halogenated alkanes) is 7. The van der Waals surface area contributed by atoms with Gasteiger partial charge in [-0.25, -0.2) is 0 Å². The third-order valence-electron chi connectivity index (χ3n) is 5.89. The van der Waals surface area contributed by atoms with Crippen LogP contribution in [0.3, 0.4) is 0 Å². The van der Waals surface area contributed by atoms with Gasteiger partial charge in [0.05, 0.1) is 0 Å². The second kappa shape index (κ2) is 12.5. The monoisotopic (exact) mass is 340 g/mol. The molecule has 0 aromatic rings. The van der Waals surface area contributed by atoms with E-state index < -0.39 is 8.32 Å². The first-order valence-corrected chi connectivity index (χ1v) is 13.8. The van der Waals surface area contributed by atoms with Gasteiger partial charge in [-0.2, -0.15) is 0 Å². The smallest absolute Gasteiger partial charge is 0.190 e. The van der Waals surface area contributed by atoms with Crippen molar-refractivity contribution in [3.8, 4) is 0 Å². The molecule has 0 heterocycles. The molecule has 1 aliphatic carbocycles. The minimum absolute atomic E-state index is 0.540. The molecule has 0 N–H and O–H groups in total. The van der Waals surface area contributed by atoms with E-state index in [-0.39, 0.29) is 0 Å². The fraction of sp³-hybridized carbons (Fsp3) is 1.00. The molecule has 0 saturated heterocycles. The normalized spacial score (nSPS) is 18.3. The molecule has 1 saturated carbocycles. The standard InChI is InChI=1S/C21H44OSi/c1-5-7-8-9-10-11-12-14-17-20(6-2)22-23(3,4)21-18-15-13-16-19-21/h20-21H,5-19H2,1-4H3. The van der Waals surface area contributed by atoms with Gasteiger partial charge in [0.2, 0.25) is 0 Å². The lowest BCUT2D eigenvalue weighted by atomic mass is 10.0. The van der Waals surface area contributed by atoms with Crippen LogP contribution in [0.15, 0.2) is 0 Å². The van der Waals surface area contributed by atoms with Crippen LogP contribution >= 0.6 is 0 Å². The highest BCUT2D eigenvalue weighted by atomic mass is 28.4. The molecule has 1 rings (SSSR count). The Kier molecular flexibility index (Phi) is 11.6. The molecule has 0 aliphatic heterocycles. The SMILES string of the molecule is CCCCCCCCCCC(CC)O[Si](C)(C)C1CCCCC1. The molecule has 138 valence electrons. The number of hydrogen-bond donors (Lipinski definition) is 0. The van der Waals surface area contributed by atoms with Crippen molar-refractivity contribution >= 4 is 8.32 Å². The summed E-state index contributed by atoms with van der Waals surface area (Å²) < 4.78 is 6.73. The fourth-order valence-electron chi connectivity index (χ4n) is 4.18. The Labute approximate surface area is 148 Å². The predicted octanol–water partition coefficient (Wildman–Crippen LogP) is 7.85. The molecule has 0 aromatic heterocycles. The summed E-state index contributed by atoms with van der Waals surface area (Å²) in [4.78, 5) is 0. The minimum atomic E-state index is -1.48. The van der Waals surface area contributed by atoms with Crippen molar-refractivity contribution in [3.63, 3.8) is 0 Å². The van der Waals surface area contributed by atoms with Gasteiger partial charge in [0, 0.05) is 6.10 Å². The van der Waals surface area contributed by atoms with Gasteiger partial charge >= 0.3 is 0 Å². The van der Waals surface area contributed by atoms with Crippen molar-refractivity contribution in [3.05, 3.63) is 0 Å². The van der Waals surface area contributed by atoms with E-state index in [0.717, 1.165) is 5.54 Å². The largest absolute Gasteiger partial charge is 0.414 e. The van der Waals surface area contributed by atoms with Crippen LogP contribution in [0.1, 0.15) is 110 Å². The van der Waals surface area contributed by atoms with Gasteiger partial charge in [-0.1, -0.05) is 97.3 Å². The van der Waals surface area contributed by atoms with Crippen molar-refractivity contribution in [1.82, 2.24) is 0 Å². The predicted molar refractivity (Wildman–Crippen MR) is 107 cm³/mol. The summed E-state index contributed by atoms with van der Waals surface area (Å²) in [5.74, 6) is 0. The van der Waals surface area contributed by atoms with E-state index in [1.807, 2.05) is 0 Å². The van der Waals surface area contributed by atoms with Crippen LogP contribution in [0.2, 0.25) is 18.6 Å². The van der Waals surface area contributed by atoms with Gasteiger partial charge in [-0.3, -0.25) is 0 Å². The molecule has 1 atom stereocenters. The summed E-state index contributed by atoms with van der Waals surface area (Å²) in [5, 5.41) is 0. The summed E-state index contributed by atoms with van der Waals surface area (Å²) in [5.41, 5.74) is 0.920. The van der Waals surface area contributed by atoms with Crippen LogP contribution in [-0.4, -0.2) is 14.4 Å². The molecule has 0 spiro atoms. The second-order valence-electron chi connectivity index (χ2n) is 8.35. The first-order valence-electron chi connectivity index (χ1n) is 10.8. The molecule has 1 nitrogen and oxygen atoms in total. The summed E-state index contributed by atoms with van der Waals surface area (Å²) in [6.07, 6.45) is 21.6. The Hall–Kier alpha value is 0.177. The van der Waals surface area contributed by atoms with Crippen LogP contribution in [0.4, 0.5) is 0 Å². The fourth-order valence-corrected chi connectivity index (χ4v) is 7.31. The van der Waals surface area contributed by atoms with Gasteiger partial charge in [-0.15, -0.1) is 0 Å². The third kappa shape index (κ3) is 9.29. The molecule has 0 amide bonds. The second-order valence-corrected chi connectivity index (χ2v) is 12.6. The van der Waals surface area contributed by atoms with Crippen LogP contribution in [0.5, 0.6) is 0 Å². The lowest BCUT2D eigenvalue weighted by Crippen LogP contribution is -2.41. The van der Waals surface area contributed by atoms with E-state index in [0.29, 0.717) is 6.10 Å². The molecule has 0 aromatic carbocycles. The topological polar surface area (TPSA) is 9.23 Å². The van der Waals surface area contributed by atoms with E-state index in [4.69, 9.17) is 4.43 Å². The third-order valence-corrected chi connectivity index (χ3v) is 9.38. The van der Waals surface area contributed by atoms with Gasteiger partial charge in [0.15, 0.2) is 8.32 Å². The first-order chi connectivity index (χ1) is 11.1. The van der Waals surface area contributed by atoms with Crippen molar-refractivity contribution in [2.75, 3.05) is 0 Å². The van der Waals surface area contributed by atoms with E-state index >= 15 is 0 Å². The molecule has 0 bridgehead atoms. The molecular formula is C21H44OSi. The summed E-state index contributed by atoms with van der Waals surface area (Å²) >= 11 is 0. The maximum Gasteiger partial charge on any atom is 0.190 e. The summed E-state index contributed by atoms with van der Waals surface area (Å²) in [6, 6.07) is 0. The highest BCUT2D eigenvalue weighted by molar-refractivity contribution is 6.72. The molecule has 1 fully saturated rings.